The number of carbonyl (C=O) groups is 3. The van der Waals surface area contributed by atoms with E-state index in [4.69, 9.17) is 10.5 Å². The summed E-state index contributed by atoms with van der Waals surface area (Å²) in [7, 11) is 0. The van der Waals surface area contributed by atoms with Gasteiger partial charge in [0.1, 0.15) is 0 Å². The smallest absolute Gasteiger partial charge is 0.344 e. The van der Waals surface area contributed by atoms with Crippen molar-refractivity contribution in [2.75, 3.05) is 6.61 Å². The highest BCUT2D eigenvalue weighted by Gasteiger charge is 2.20. The summed E-state index contributed by atoms with van der Waals surface area (Å²) in [6, 6.07) is 4.39. The Kier molecular flexibility index (Phi) is 5.81. The average molecular weight is 311 g/mol. The lowest BCUT2D eigenvalue weighted by molar-refractivity contribution is -0.385. The van der Waals surface area contributed by atoms with E-state index in [0.29, 0.717) is 0 Å². The molecule has 22 heavy (non-hydrogen) atoms. The molecule has 0 aliphatic rings. The zero-order valence-corrected chi connectivity index (χ0v) is 11.5. The maximum absolute atomic E-state index is 11.5. The Morgan fingerprint density at radius 3 is 2.59 bits per heavy atom. The lowest BCUT2D eigenvalue weighted by Crippen LogP contribution is -2.42. The van der Waals surface area contributed by atoms with E-state index in [2.05, 4.69) is 4.74 Å². The Labute approximate surface area is 124 Å². The molecule has 0 aliphatic heterocycles. The van der Waals surface area contributed by atoms with Crippen molar-refractivity contribution in [1.29, 1.82) is 0 Å². The van der Waals surface area contributed by atoms with Crippen molar-refractivity contribution in [3.05, 3.63) is 34.4 Å². The highest BCUT2D eigenvalue weighted by atomic mass is 16.6. The number of carbonyl (C=O) groups excluding carboxylic acids is 3. The highest BCUT2D eigenvalue weighted by Crippen LogP contribution is 2.25. The van der Waals surface area contributed by atoms with Gasteiger partial charge >= 0.3 is 17.7 Å². The zero-order chi connectivity index (χ0) is 16.7. The zero-order valence-electron chi connectivity index (χ0n) is 11.5. The summed E-state index contributed by atoms with van der Waals surface area (Å²) >= 11 is 0. The molecule has 0 radical (unpaired) electrons. The van der Waals surface area contributed by atoms with Crippen molar-refractivity contribution in [2.24, 2.45) is 5.73 Å². The van der Waals surface area contributed by atoms with Crippen LogP contribution in [0.5, 0.6) is 5.75 Å². The molecule has 1 atom stereocenters. The number of urea groups is 1. The molecule has 0 saturated carbocycles. The molecule has 0 saturated heterocycles. The summed E-state index contributed by atoms with van der Waals surface area (Å²) in [6.07, 6.45) is -1.27. The largest absolute Gasteiger partial charge is 0.475 e. The first-order valence-corrected chi connectivity index (χ1v) is 5.97. The van der Waals surface area contributed by atoms with Crippen LogP contribution in [-0.4, -0.2) is 35.5 Å². The Hall–Kier alpha value is -3.17. The van der Waals surface area contributed by atoms with Gasteiger partial charge in [-0.15, -0.1) is 0 Å². The van der Waals surface area contributed by atoms with Crippen LogP contribution in [0.1, 0.15) is 6.92 Å². The van der Waals surface area contributed by atoms with Crippen LogP contribution in [0.3, 0.4) is 0 Å². The Bertz CT molecular complexity index is 602. The number of amides is 3. The summed E-state index contributed by atoms with van der Waals surface area (Å²) < 4.78 is 9.66. The van der Waals surface area contributed by atoms with Crippen LogP contribution in [0.2, 0.25) is 0 Å². The van der Waals surface area contributed by atoms with E-state index >= 15 is 0 Å². The van der Waals surface area contributed by atoms with Gasteiger partial charge in [0.25, 0.3) is 5.91 Å². The number of benzene rings is 1. The molecule has 0 heterocycles. The number of nitrogens with zero attached hydrogens (tertiary/aromatic N) is 1. The Morgan fingerprint density at radius 1 is 1.36 bits per heavy atom. The molecule has 3 N–H and O–H groups in total. The minimum Gasteiger partial charge on any atom is -0.475 e. The number of para-hydroxylation sites is 2. The minimum atomic E-state index is -1.27. The fourth-order valence-corrected chi connectivity index (χ4v) is 1.37. The van der Waals surface area contributed by atoms with Gasteiger partial charge in [-0.05, 0) is 13.0 Å². The number of hydrogen-bond acceptors (Lipinski definition) is 7. The number of esters is 1. The first kappa shape index (κ1) is 16.9. The standard InChI is InChI=1S/C12H13N3O7/c1-7(11(17)14-12(13)18)22-10(16)6-21-9-5-3-2-4-8(9)15(19)20/h2-5,7H,6H2,1H3,(H3,13,14,17,18). The van der Waals surface area contributed by atoms with Gasteiger partial charge in [0, 0.05) is 6.07 Å². The molecular formula is C12H13N3O7. The quantitative estimate of drug-likeness (QED) is 0.429. The number of imide groups is 1. The third kappa shape index (κ3) is 5.07. The average Bonchev–Trinajstić information content (AvgIpc) is 2.44. The third-order valence-corrected chi connectivity index (χ3v) is 2.33. The summed E-state index contributed by atoms with van der Waals surface area (Å²) in [5.74, 6) is -1.95. The van der Waals surface area contributed by atoms with Crippen molar-refractivity contribution in [3.8, 4) is 5.75 Å². The van der Waals surface area contributed by atoms with Gasteiger partial charge in [0.2, 0.25) is 0 Å². The van der Waals surface area contributed by atoms with E-state index in [1.165, 1.54) is 31.2 Å². The van der Waals surface area contributed by atoms with E-state index in [-0.39, 0.29) is 11.4 Å². The number of nitrogens with one attached hydrogen (secondary N) is 1. The van der Waals surface area contributed by atoms with E-state index in [1.54, 1.807) is 5.32 Å². The Balaban J connectivity index is 2.55. The number of primary amides is 1. The number of nitro groups is 1. The highest BCUT2D eigenvalue weighted by molar-refractivity contribution is 5.96. The van der Waals surface area contributed by atoms with Crippen molar-refractivity contribution in [2.45, 2.75) is 13.0 Å². The van der Waals surface area contributed by atoms with Crippen LogP contribution in [0.25, 0.3) is 0 Å². The summed E-state index contributed by atoms with van der Waals surface area (Å²) in [6.45, 7) is 0.584. The lowest BCUT2D eigenvalue weighted by atomic mass is 10.3. The van der Waals surface area contributed by atoms with Crippen LogP contribution < -0.4 is 15.8 Å². The fourth-order valence-electron chi connectivity index (χ4n) is 1.37. The molecule has 0 aliphatic carbocycles. The SMILES string of the molecule is CC(OC(=O)COc1ccccc1[N+](=O)[O-])C(=O)NC(N)=O. The number of rotatable bonds is 6. The number of nitrogens with two attached hydrogens (primary N) is 1. The normalized spacial score (nSPS) is 11.1. The van der Waals surface area contributed by atoms with E-state index in [1.807, 2.05) is 0 Å². The molecule has 1 aromatic carbocycles. The van der Waals surface area contributed by atoms with E-state index < -0.39 is 35.5 Å². The minimum absolute atomic E-state index is 0.112. The van der Waals surface area contributed by atoms with Crippen LogP contribution in [0.15, 0.2) is 24.3 Å². The van der Waals surface area contributed by atoms with Crippen LogP contribution >= 0.6 is 0 Å². The molecular weight excluding hydrogens is 298 g/mol. The molecule has 118 valence electrons. The van der Waals surface area contributed by atoms with Gasteiger partial charge in [0.05, 0.1) is 4.92 Å². The van der Waals surface area contributed by atoms with Gasteiger partial charge in [0.15, 0.2) is 18.5 Å². The fraction of sp³-hybridized carbons (Fsp3) is 0.250. The predicted octanol–water partition coefficient (Wildman–Crippen LogP) is 0.100. The summed E-state index contributed by atoms with van der Waals surface area (Å²) in [4.78, 5) is 43.3. The molecule has 10 heteroatoms. The van der Waals surface area contributed by atoms with Crippen molar-refractivity contribution >= 4 is 23.6 Å². The van der Waals surface area contributed by atoms with Gasteiger partial charge in [-0.2, -0.15) is 0 Å². The molecule has 1 aromatic rings. The number of hydrogen-bond donors (Lipinski definition) is 2. The van der Waals surface area contributed by atoms with Crippen LogP contribution in [-0.2, 0) is 14.3 Å². The Morgan fingerprint density at radius 2 is 2.00 bits per heavy atom. The number of nitro benzene ring substituents is 1. The maximum Gasteiger partial charge on any atom is 0.344 e. The second-order valence-electron chi connectivity index (χ2n) is 4.00. The molecule has 0 aromatic heterocycles. The topological polar surface area (TPSA) is 151 Å². The van der Waals surface area contributed by atoms with Crippen molar-refractivity contribution < 1.29 is 28.8 Å². The van der Waals surface area contributed by atoms with E-state index in [9.17, 15) is 24.5 Å². The first-order chi connectivity index (χ1) is 10.3. The van der Waals surface area contributed by atoms with Gasteiger partial charge in [-0.3, -0.25) is 20.2 Å². The molecule has 0 spiro atoms. The third-order valence-electron chi connectivity index (χ3n) is 2.33. The molecule has 1 rings (SSSR count). The monoisotopic (exact) mass is 311 g/mol. The van der Waals surface area contributed by atoms with Crippen LogP contribution in [0, 0.1) is 10.1 Å². The predicted molar refractivity (Wildman–Crippen MR) is 71.9 cm³/mol. The molecule has 10 nitrogen and oxygen atoms in total. The molecule has 3 amide bonds. The second-order valence-corrected chi connectivity index (χ2v) is 4.00. The van der Waals surface area contributed by atoms with Gasteiger partial charge in [-0.25, -0.2) is 9.59 Å². The van der Waals surface area contributed by atoms with Gasteiger partial charge in [-0.1, -0.05) is 12.1 Å². The summed E-state index contributed by atoms with van der Waals surface area (Å²) in [5, 5.41) is 12.5. The lowest BCUT2D eigenvalue weighted by Gasteiger charge is -2.12. The maximum atomic E-state index is 11.5. The van der Waals surface area contributed by atoms with Gasteiger partial charge < -0.3 is 15.2 Å². The van der Waals surface area contributed by atoms with Crippen molar-refractivity contribution in [3.63, 3.8) is 0 Å². The summed E-state index contributed by atoms with van der Waals surface area (Å²) in [5.41, 5.74) is 4.43. The van der Waals surface area contributed by atoms with Crippen LogP contribution in [0.4, 0.5) is 10.5 Å². The molecule has 0 bridgehead atoms. The first-order valence-electron chi connectivity index (χ1n) is 5.97. The molecule has 0 fully saturated rings. The van der Waals surface area contributed by atoms with Crippen molar-refractivity contribution in [1.82, 2.24) is 5.32 Å². The number of ether oxygens (including phenoxy) is 2. The van der Waals surface area contributed by atoms with E-state index in [0.717, 1.165) is 0 Å². The second kappa shape index (κ2) is 7.57. The molecule has 1 unspecified atom stereocenters.